The Morgan fingerprint density at radius 1 is 1.13 bits per heavy atom. The van der Waals surface area contributed by atoms with Crippen molar-refractivity contribution in [2.75, 3.05) is 6.61 Å². The molecule has 1 N–H and O–H groups in total. The van der Waals surface area contributed by atoms with Crippen molar-refractivity contribution < 1.29 is 19.4 Å². The average molecular weight is 412 g/mol. The van der Waals surface area contributed by atoms with E-state index in [1.165, 1.54) is 8.97 Å². The summed E-state index contributed by atoms with van der Waals surface area (Å²) in [6, 6.07) is 9.12. The van der Waals surface area contributed by atoms with Crippen LogP contribution >= 0.6 is 0 Å². The Balaban J connectivity index is 2.02. The van der Waals surface area contributed by atoms with Crippen molar-refractivity contribution in [2.24, 2.45) is 0 Å². The van der Waals surface area contributed by atoms with Crippen molar-refractivity contribution in [2.45, 2.75) is 39.5 Å². The summed E-state index contributed by atoms with van der Waals surface area (Å²) >= 11 is 0. The third-order valence-corrected chi connectivity index (χ3v) is 4.51. The lowest BCUT2D eigenvalue weighted by Gasteiger charge is -2.13. The molecule has 0 radical (unpaired) electrons. The van der Waals surface area contributed by atoms with Gasteiger partial charge in [-0.2, -0.15) is 0 Å². The van der Waals surface area contributed by atoms with Crippen LogP contribution in [0.25, 0.3) is 5.52 Å². The second-order valence-electron chi connectivity index (χ2n) is 7.11. The summed E-state index contributed by atoms with van der Waals surface area (Å²) in [5.41, 5.74) is -0.917. The molecule has 3 rings (SSSR count). The minimum absolute atomic E-state index is 0.00760. The molecular weight excluding hydrogens is 388 g/mol. The van der Waals surface area contributed by atoms with Gasteiger partial charge in [-0.1, -0.05) is 30.3 Å². The van der Waals surface area contributed by atoms with E-state index in [0.717, 1.165) is 11.8 Å². The number of carbonyl (C=O) groups is 1. The van der Waals surface area contributed by atoms with E-state index >= 15 is 0 Å². The number of pyridine rings is 1. The quantitative estimate of drug-likeness (QED) is 0.542. The number of carboxylic acids is 1. The van der Waals surface area contributed by atoms with Crippen molar-refractivity contribution in [3.8, 4) is 5.75 Å². The average Bonchev–Trinajstić information content (AvgIpc) is 2.72. The zero-order valence-corrected chi connectivity index (χ0v) is 16.9. The lowest BCUT2D eigenvalue weighted by molar-refractivity contribution is 0.0693. The minimum atomic E-state index is -1.38. The van der Waals surface area contributed by atoms with Gasteiger partial charge in [0.05, 0.1) is 6.10 Å². The zero-order chi connectivity index (χ0) is 21.7. The lowest BCUT2D eigenvalue weighted by atomic mass is 10.2. The molecule has 0 aliphatic heterocycles. The van der Waals surface area contributed by atoms with Crippen LogP contribution in [0.5, 0.6) is 5.75 Å². The number of hydrogen-bond acceptors (Lipinski definition) is 5. The fraction of sp³-hybridized carbons (Fsp3) is 0.318. The summed E-state index contributed by atoms with van der Waals surface area (Å²) in [4.78, 5) is 37.3. The summed E-state index contributed by atoms with van der Waals surface area (Å²) in [6.45, 7) is 4.80. The molecule has 0 bridgehead atoms. The number of benzene rings is 1. The van der Waals surface area contributed by atoms with Gasteiger partial charge >= 0.3 is 5.97 Å². The number of aromatic nitrogens is 2. The van der Waals surface area contributed by atoms with E-state index < -0.39 is 22.5 Å². The molecule has 8 heteroatoms. The highest BCUT2D eigenvalue weighted by Crippen LogP contribution is 2.15. The molecule has 0 amide bonds. The van der Waals surface area contributed by atoms with Crippen LogP contribution in [0.15, 0.2) is 58.5 Å². The maximum atomic E-state index is 13.1. The van der Waals surface area contributed by atoms with E-state index in [1.54, 1.807) is 12.4 Å². The number of aromatic carboxylic acids is 1. The molecule has 0 spiro atoms. The Morgan fingerprint density at radius 2 is 1.87 bits per heavy atom. The van der Waals surface area contributed by atoms with Crippen LogP contribution in [-0.2, 0) is 17.9 Å². The van der Waals surface area contributed by atoms with Crippen LogP contribution in [0.3, 0.4) is 0 Å². The maximum Gasteiger partial charge on any atom is 0.341 e. The first-order valence-electron chi connectivity index (χ1n) is 9.68. The Kier molecular flexibility index (Phi) is 6.68. The number of nitrogens with zero attached hydrogens (tertiary/aromatic N) is 2. The Bertz CT molecular complexity index is 1150. The van der Waals surface area contributed by atoms with Crippen LogP contribution in [0, 0.1) is 0 Å². The molecule has 0 atom stereocenters. The SMILES string of the molecule is CC(C)OCCCn1ccn2cc(C(=O)O)c(=O)c(OCc3ccccc3)c2c1=O. The molecule has 0 saturated carbocycles. The highest BCUT2D eigenvalue weighted by atomic mass is 16.5. The minimum Gasteiger partial charge on any atom is -0.483 e. The summed E-state index contributed by atoms with van der Waals surface area (Å²) in [5, 5.41) is 9.38. The van der Waals surface area contributed by atoms with Crippen molar-refractivity contribution in [3.63, 3.8) is 0 Å². The van der Waals surface area contributed by atoms with Gasteiger partial charge in [-0.3, -0.25) is 9.59 Å². The van der Waals surface area contributed by atoms with Crippen LogP contribution in [0.4, 0.5) is 0 Å². The van der Waals surface area contributed by atoms with Crippen molar-refractivity contribution >= 4 is 11.5 Å². The summed E-state index contributed by atoms with van der Waals surface area (Å²) in [5.74, 6) is -1.65. The van der Waals surface area contributed by atoms with Gasteiger partial charge < -0.3 is 23.5 Å². The topological polar surface area (TPSA) is 99.2 Å². The van der Waals surface area contributed by atoms with Gasteiger partial charge in [-0.05, 0) is 25.8 Å². The molecule has 0 unspecified atom stereocenters. The van der Waals surface area contributed by atoms with Gasteiger partial charge in [0.2, 0.25) is 5.43 Å². The summed E-state index contributed by atoms with van der Waals surface area (Å²) in [7, 11) is 0. The van der Waals surface area contributed by atoms with Crippen molar-refractivity contribution in [1.82, 2.24) is 8.97 Å². The molecular formula is C22H24N2O6. The van der Waals surface area contributed by atoms with E-state index in [1.807, 2.05) is 44.2 Å². The first-order chi connectivity index (χ1) is 14.4. The smallest absolute Gasteiger partial charge is 0.341 e. The van der Waals surface area contributed by atoms with Gasteiger partial charge in [0.25, 0.3) is 5.56 Å². The normalized spacial score (nSPS) is 11.2. The number of fused-ring (bicyclic) bond motifs is 1. The standard InChI is InChI=1S/C22H24N2O6/c1-15(2)29-12-6-9-23-10-11-24-13-17(22(27)28)19(25)20(18(24)21(23)26)30-14-16-7-4-3-5-8-16/h3-5,7-8,10-11,13,15H,6,9,12,14H2,1-2H3,(H,27,28). The largest absolute Gasteiger partial charge is 0.483 e. The highest BCUT2D eigenvalue weighted by Gasteiger charge is 2.20. The molecule has 0 aliphatic carbocycles. The Morgan fingerprint density at radius 3 is 2.53 bits per heavy atom. The van der Waals surface area contributed by atoms with Gasteiger partial charge in [0.15, 0.2) is 11.3 Å². The highest BCUT2D eigenvalue weighted by molar-refractivity contribution is 5.88. The predicted molar refractivity (Wildman–Crippen MR) is 111 cm³/mol. The van der Waals surface area contributed by atoms with Crippen molar-refractivity contribution in [1.29, 1.82) is 0 Å². The van der Waals surface area contributed by atoms with Gasteiger partial charge in [-0.15, -0.1) is 0 Å². The summed E-state index contributed by atoms with van der Waals surface area (Å²) in [6.07, 6.45) is 4.96. The van der Waals surface area contributed by atoms with E-state index in [0.29, 0.717) is 19.6 Å². The second-order valence-corrected chi connectivity index (χ2v) is 7.11. The number of hydrogen-bond donors (Lipinski definition) is 1. The molecule has 0 fully saturated rings. The lowest BCUT2D eigenvalue weighted by Crippen LogP contribution is -2.28. The first kappa shape index (κ1) is 21.3. The van der Waals surface area contributed by atoms with Gasteiger partial charge in [-0.25, -0.2) is 4.79 Å². The molecule has 158 valence electrons. The monoisotopic (exact) mass is 412 g/mol. The first-order valence-corrected chi connectivity index (χ1v) is 9.68. The van der Waals surface area contributed by atoms with Crippen molar-refractivity contribution in [3.05, 3.63) is 80.6 Å². The van der Waals surface area contributed by atoms with Gasteiger partial charge in [0.1, 0.15) is 12.2 Å². The van der Waals surface area contributed by atoms with Crippen LogP contribution in [0.1, 0.15) is 36.2 Å². The number of ether oxygens (including phenoxy) is 2. The Labute approximate surface area is 172 Å². The molecule has 0 saturated heterocycles. The fourth-order valence-corrected chi connectivity index (χ4v) is 3.04. The molecule has 8 nitrogen and oxygen atoms in total. The Hall–Kier alpha value is -3.39. The molecule has 3 aromatic rings. The molecule has 0 aliphatic rings. The molecule has 30 heavy (non-hydrogen) atoms. The van der Waals surface area contributed by atoms with E-state index in [9.17, 15) is 19.5 Å². The third-order valence-electron chi connectivity index (χ3n) is 4.51. The predicted octanol–water partition coefficient (Wildman–Crippen LogP) is 2.55. The van der Waals surface area contributed by atoms with Gasteiger partial charge in [0, 0.05) is 31.7 Å². The van der Waals surface area contributed by atoms with Crippen LogP contribution in [-0.4, -0.2) is 32.8 Å². The van der Waals surface area contributed by atoms with E-state index in [-0.39, 0.29) is 24.0 Å². The van der Waals surface area contributed by atoms with Crippen LogP contribution in [0.2, 0.25) is 0 Å². The maximum absolute atomic E-state index is 13.1. The van der Waals surface area contributed by atoms with E-state index in [4.69, 9.17) is 9.47 Å². The van der Waals surface area contributed by atoms with E-state index in [2.05, 4.69) is 0 Å². The molecule has 2 aromatic heterocycles. The second kappa shape index (κ2) is 9.41. The summed E-state index contributed by atoms with van der Waals surface area (Å²) < 4.78 is 14.0. The fourth-order valence-electron chi connectivity index (χ4n) is 3.04. The third kappa shape index (κ3) is 4.77. The number of rotatable bonds is 9. The zero-order valence-electron chi connectivity index (χ0n) is 16.9. The molecule has 1 aromatic carbocycles. The van der Waals surface area contributed by atoms with Crippen LogP contribution < -0.4 is 15.7 Å². The number of aryl methyl sites for hydroxylation is 1. The number of carboxylic acid groups (broad SMARTS) is 1. The molecule has 2 heterocycles.